The standard InChI is InChI=1S/C21H29N3O/c25-20-21(8-10-22-11-9-21)18-6-2-3-7-19(18)24(20)17-14-16(15-17)23-12-4-1-5-13-23/h2-3,6-7,16-17,22H,1,4-5,8-15H2/i/hD. The fourth-order valence-electron chi connectivity index (χ4n) is 5.52. The summed E-state index contributed by atoms with van der Waals surface area (Å²) in [6.07, 6.45) is 7.86. The van der Waals surface area contributed by atoms with E-state index in [2.05, 4.69) is 34.1 Å². The van der Waals surface area contributed by atoms with Crippen LogP contribution in [-0.2, 0) is 10.2 Å². The van der Waals surface area contributed by atoms with E-state index in [0.717, 1.165) is 31.4 Å². The quantitative estimate of drug-likeness (QED) is 0.899. The van der Waals surface area contributed by atoms with Gasteiger partial charge in [-0.15, -0.1) is 0 Å². The second kappa shape index (κ2) is 6.10. The minimum Gasteiger partial charge on any atom is -0.317 e. The third kappa shape index (κ3) is 2.37. The van der Waals surface area contributed by atoms with Gasteiger partial charge in [-0.1, -0.05) is 24.6 Å². The molecule has 2 saturated heterocycles. The summed E-state index contributed by atoms with van der Waals surface area (Å²) in [6, 6.07) is 9.48. The van der Waals surface area contributed by atoms with Crippen LogP contribution in [0.5, 0.6) is 0 Å². The molecule has 3 heterocycles. The molecule has 4 aliphatic rings. The first-order valence-corrected chi connectivity index (χ1v) is 10.1. The Morgan fingerprint density at radius 1 is 1.04 bits per heavy atom. The van der Waals surface area contributed by atoms with Gasteiger partial charge in [-0.05, 0) is 76.3 Å². The summed E-state index contributed by atoms with van der Waals surface area (Å²) < 4.78 is 7.89. The van der Waals surface area contributed by atoms with E-state index in [1.807, 2.05) is 0 Å². The molecule has 3 aliphatic heterocycles. The minimum absolute atomic E-state index is 0.314. The third-order valence-electron chi connectivity index (χ3n) is 7.06. The van der Waals surface area contributed by atoms with Gasteiger partial charge < -0.3 is 15.1 Å². The van der Waals surface area contributed by atoms with Gasteiger partial charge in [0.1, 0.15) is 1.41 Å². The third-order valence-corrected chi connectivity index (χ3v) is 7.06. The monoisotopic (exact) mass is 340 g/mol. The van der Waals surface area contributed by atoms with E-state index >= 15 is 0 Å². The number of fused-ring (bicyclic) bond motifs is 2. The van der Waals surface area contributed by atoms with E-state index in [1.165, 1.54) is 37.9 Å². The van der Waals surface area contributed by atoms with Gasteiger partial charge in [0.15, 0.2) is 0 Å². The summed E-state index contributed by atoms with van der Waals surface area (Å²) in [7, 11) is 0. The Labute approximate surface area is 152 Å². The lowest BCUT2D eigenvalue weighted by Crippen LogP contribution is -2.58. The molecule has 1 spiro atoms. The Morgan fingerprint density at radius 3 is 2.52 bits per heavy atom. The number of likely N-dealkylation sites (tertiary alicyclic amines) is 1. The van der Waals surface area contributed by atoms with Crippen molar-refractivity contribution in [2.75, 3.05) is 31.1 Å². The lowest BCUT2D eigenvalue weighted by atomic mass is 9.74. The maximum Gasteiger partial charge on any atom is 0.238 e. The Kier molecular flexibility index (Phi) is 3.60. The van der Waals surface area contributed by atoms with E-state index in [9.17, 15) is 4.79 Å². The average Bonchev–Trinajstić information content (AvgIpc) is 2.87. The van der Waals surface area contributed by atoms with Crippen molar-refractivity contribution in [2.45, 2.75) is 62.4 Å². The number of para-hydroxylation sites is 1. The Hall–Kier alpha value is -1.39. The maximum atomic E-state index is 13.6. The largest absolute Gasteiger partial charge is 0.317 e. The van der Waals surface area contributed by atoms with Crippen molar-refractivity contribution in [1.82, 2.24) is 10.2 Å². The molecule has 4 heteroatoms. The first-order chi connectivity index (χ1) is 12.7. The Balaban J connectivity index is 1.38. The lowest BCUT2D eigenvalue weighted by molar-refractivity contribution is -0.125. The van der Waals surface area contributed by atoms with Crippen molar-refractivity contribution >= 4 is 11.6 Å². The van der Waals surface area contributed by atoms with Crippen molar-refractivity contribution in [3.8, 4) is 0 Å². The number of amides is 1. The molecule has 0 atom stereocenters. The Morgan fingerprint density at radius 2 is 1.76 bits per heavy atom. The van der Waals surface area contributed by atoms with Crippen molar-refractivity contribution < 1.29 is 6.21 Å². The zero-order valence-electron chi connectivity index (χ0n) is 16.0. The van der Waals surface area contributed by atoms with Gasteiger partial charge in [-0.3, -0.25) is 4.79 Å². The molecule has 3 fully saturated rings. The summed E-state index contributed by atoms with van der Waals surface area (Å²) in [6.45, 7) is 3.86. The summed E-state index contributed by atoms with van der Waals surface area (Å²) in [5.41, 5.74) is 2.00. The molecule has 1 aromatic rings. The highest BCUT2D eigenvalue weighted by atomic mass is 16.2. The van der Waals surface area contributed by atoms with E-state index in [0.29, 0.717) is 31.1 Å². The molecular weight excluding hydrogens is 310 g/mol. The normalized spacial score (nSPS) is 33.2. The highest BCUT2D eigenvalue weighted by Crippen LogP contribution is 2.50. The van der Waals surface area contributed by atoms with Crippen LogP contribution in [0.2, 0.25) is 1.41 Å². The van der Waals surface area contributed by atoms with Crippen LogP contribution in [0.3, 0.4) is 0 Å². The predicted molar refractivity (Wildman–Crippen MR) is 99.9 cm³/mol. The highest BCUT2D eigenvalue weighted by molar-refractivity contribution is 6.08. The molecule has 0 bridgehead atoms. The van der Waals surface area contributed by atoms with Gasteiger partial charge >= 0.3 is 0 Å². The summed E-state index contributed by atoms with van der Waals surface area (Å²) in [5.74, 6) is 0.314. The van der Waals surface area contributed by atoms with Gasteiger partial charge in [0.2, 0.25) is 5.91 Å². The maximum absolute atomic E-state index is 13.6. The number of piperidine rings is 2. The fraction of sp³-hybridized carbons (Fsp3) is 0.667. The molecule has 0 unspecified atom stereocenters. The SMILES string of the molecule is [2H]N1CCC2(CC1)C(=O)N(C1CC(N3CCCCC3)C1)c1ccccc12. The fourth-order valence-corrected chi connectivity index (χ4v) is 5.52. The molecule has 25 heavy (non-hydrogen) atoms. The first kappa shape index (κ1) is 14.7. The van der Waals surface area contributed by atoms with Crippen molar-refractivity contribution in [3.05, 3.63) is 29.8 Å². The van der Waals surface area contributed by atoms with Crippen LogP contribution in [0.25, 0.3) is 0 Å². The molecule has 1 aliphatic carbocycles. The number of anilines is 1. The van der Waals surface area contributed by atoms with Crippen LogP contribution in [0.4, 0.5) is 5.69 Å². The highest BCUT2D eigenvalue weighted by Gasteiger charge is 2.54. The number of nitrogens with one attached hydrogen (secondary N) is 1. The summed E-state index contributed by atoms with van der Waals surface area (Å²) >= 11 is 0. The van der Waals surface area contributed by atoms with E-state index in [-0.39, 0.29) is 5.41 Å². The van der Waals surface area contributed by atoms with Gasteiger partial charge in [-0.25, -0.2) is 0 Å². The lowest BCUT2D eigenvalue weighted by Gasteiger charge is -2.48. The van der Waals surface area contributed by atoms with E-state index < -0.39 is 0 Å². The topological polar surface area (TPSA) is 35.6 Å². The smallest absolute Gasteiger partial charge is 0.238 e. The number of hydrogen-bond donors (Lipinski definition) is 1. The first-order valence-electron chi connectivity index (χ1n) is 10.5. The molecule has 5 rings (SSSR count). The van der Waals surface area contributed by atoms with Crippen LogP contribution in [-0.4, -0.2) is 49.1 Å². The zero-order valence-corrected chi connectivity index (χ0v) is 15.0. The predicted octanol–water partition coefficient (Wildman–Crippen LogP) is 2.67. The number of benzene rings is 1. The molecule has 134 valence electrons. The molecule has 1 aromatic carbocycles. The van der Waals surface area contributed by atoms with Crippen LogP contribution in [0.1, 0.15) is 50.5 Å². The number of hydrogen-bond acceptors (Lipinski definition) is 3. The number of carbonyl (C=O) groups excluding carboxylic acids is 1. The molecule has 1 N–H and O–H groups in total. The minimum atomic E-state index is -0.371. The molecule has 1 amide bonds. The van der Waals surface area contributed by atoms with Crippen LogP contribution in [0.15, 0.2) is 24.3 Å². The van der Waals surface area contributed by atoms with Crippen LogP contribution < -0.4 is 10.2 Å². The van der Waals surface area contributed by atoms with Gasteiger partial charge in [0.25, 0.3) is 0 Å². The van der Waals surface area contributed by atoms with Crippen LogP contribution >= 0.6 is 0 Å². The Bertz CT molecular complexity index is 688. The van der Waals surface area contributed by atoms with Crippen molar-refractivity contribution in [1.29, 1.82) is 0 Å². The molecular formula is C21H29N3O. The molecule has 4 nitrogen and oxygen atoms in total. The van der Waals surface area contributed by atoms with Crippen molar-refractivity contribution in [3.63, 3.8) is 0 Å². The van der Waals surface area contributed by atoms with Gasteiger partial charge in [-0.2, -0.15) is 0 Å². The van der Waals surface area contributed by atoms with Crippen molar-refractivity contribution in [2.24, 2.45) is 0 Å². The van der Waals surface area contributed by atoms with E-state index in [4.69, 9.17) is 1.41 Å². The van der Waals surface area contributed by atoms with E-state index in [1.54, 1.807) is 5.31 Å². The second-order valence-electron chi connectivity index (χ2n) is 8.32. The molecule has 1 saturated carbocycles. The molecule has 0 radical (unpaired) electrons. The summed E-state index contributed by atoms with van der Waals surface area (Å²) in [5, 5.41) is 1.61. The number of nitrogens with zero attached hydrogens (tertiary/aromatic N) is 2. The van der Waals surface area contributed by atoms with Crippen LogP contribution in [0, 0.1) is 0 Å². The summed E-state index contributed by atoms with van der Waals surface area (Å²) in [4.78, 5) is 18.4. The van der Waals surface area contributed by atoms with Gasteiger partial charge in [0.05, 0.1) is 5.41 Å². The zero-order chi connectivity index (χ0) is 17.7. The average molecular weight is 340 g/mol. The van der Waals surface area contributed by atoms with Gasteiger partial charge in [0, 0.05) is 17.8 Å². The number of rotatable bonds is 2. The number of carbonyl (C=O) groups is 1. The molecule has 0 aromatic heterocycles. The second-order valence-corrected chi connectivity index (χ2v) is 8.32.